The van der Waals surface area contributed by atoms with Gasteiger partial charge in [0.2, 0.25) is 0 Å². The van der Waals surface area contributed by atoms with Gasteiger partial charge < -0.3 is 20.1 Å². The lowest BCUT2D eigenvalue weighted by Crippen LogP contribution is -2.45. The summed E-state index contributed by atoms with van der Waals surface area (Å²) >= 11 is 0. The van der Waals surface area contributed by atoms with Gasteiger partial charge in [0, 0.05) is 19.6 Å². The number of ether oxygens (including phenoxy) is 1. The van der Waals surface area contributed by atoms with Crippen LogP contribution in [-0.2, 0) is 6.54 Å². The molecule has 1 aromatic rings. The number of nitrogens with one attached hydrogen (secondary N) is 1. The Bertz CT molecular complexity index is 435. The van der Waals surface area contributed by atoms with Crippen molar-refractivity contribution in [1.29, 1.82) is 5.26 Å². The van der Waals surface area contributed by atoms with Crippen LogP contribution in [0.4, 0.5) is 0 Å². The maximum atomic E-state index is 10.1. The minimum Gasteiger partial charge on any atom is -0.479 e. The number of aliphatic hydroxyl groups is 1. The first-order valence-electron chi connectivity index (χ1n) is 6.59. The topological polar surface area (TPSA) is 68.5 Å². The number of likely N-dealkylation sites (N-methyl/N-ethyl adjacent to an activating group) is 1. The second-order valence-corrected chi connectivity index (χ2v) is 5.43. The summed E-state index contributed by atoms with van der Waals surface area (Å²) in [5, 5.41) is 21.8. The fraction of sp³-hybridized carbons (Fsp3) is 0.533. The second kappa shape index (κ2) is 7.85. The Morgan fingerprint density at radius 3 is 2.55 bits per heavy atom. The maximum Gasteiger partial charge on any atom is 0.174 e. The summed E-state index contributed by atoms with van der Waals surface area (Å²) < 4.78 is 5.19. The zero-order valence-corrected chi connectivity index (χ0v) is 12.4. The van der Waals surface area contributed by atoms with Gasteiger partial charge >= 0.3 is 0 Å². The van der Waals surface area contributed by atoms with E-state index in [9.17, 15) is 5.11 Å². The first-order chi connectivity index (χ1) is 9.43. The molecular weight excluding hydrogens is 254 g/mol. The van der Waals surface area contributed by atoms with Crippen LogP contribution in [0.3, 0.4) is 0 Å². The third-order valence-corrected chi connectivity index (χ3v) is 2.72. The molecule has 0 aromatic heterocycles. The molecule has 0 amide bonds. The average Bonchev–Trinajstić information content (AvgIpc) is 2.36. The molecule has 0 bridgehead atoms. The Kier molecular flexibility index (Phi) is 6.46. The summed E-state index contributed by atoms with van der Waals surface area (Å²) in [6.45, 7) is 3.70. The highest BCUT2D eigenvalue weighted by Crippen LogP contribution is 2.12. The molecule has 2 N–H and O–H groups in total. The number of hydrogen-bond donors (Lipinski definition) is 2. The highest BCUT2D eigenvalue weighted by atomic mass is 16.5. The Labute approximate surface area is 120 Å². The Hall–Kier alpha value is -1.61. The third kappa shape index (κ3) is 6.53. The van der Waals surface area contributed by atoms with Gasteiger partial charge in [-0.3, -0.25) is 0 Å². The van der Waals surface area contributed by atoms with Crippen LogP contribution in [-0.4, -0.2) is 49.4 Å². The summed E-state index contributed by atoms with van der Waals surface area (Å²) in [4.78, 5) is 1.96. The SMILES string of the molecule is CN(C)CC(C)(O)CNCc1ccc(OCC#N)cc1. The number of benzene rings is 1. The van der Waals surface area contributed by atoms with Crippen molar-refractivity contribution in [3.05, 3.63) is 29.8 Å². The summed E-state index contributed by atoms with van der Waals surface area (Å²) in [6, 6.07) is 9.50. The number of nitriles is 1. The molecule has 0 saturated carbocycles. The van der Waals surface area contributed by atoms with Crippen molar-refractivity contribution in [2.45, 2.75) is 19.1 Å². The van der Waals surface area contributed by atoms with Gasteiger partial charge in [0.05, 0.1) is 5.60 Å². The quantitative estimate of drug-likeness (QED) is 0.741. The van der Waals surface area contributed by atoms with Gasteiger partial charge in [0.1, 0.15) is 11.8 Å². The van der Waals surface area contributed by atoms with Crippen molar-refractivity contribution in [1.82, 2.24) is 10.2 Å². The molecule has 5 heteroatoms. The van der Waals surface area contributed by atoms with Crippen LogP contribution < -0.4 is 10.1 Å². The molecule has 5 nitrogen and oxygen atoms in total. The molecule has 1 rings (SSSR count). The molecule has 0 saturated heterocycles. The lowest BCUT2D eigenvalue weighted by molar-refractivity contribution is 0.0336. The molecule has 20 heavy (non-hydrogen) atoms. The normalized spacial score (nSPS) is 13.8. The van der Waals surface area contributed by atoms with Crippen LogP contribution >= 0.6 is 0 Å². The number of hydrogen-bond acceptors (Lipinski definition) is 5. The van der Waals surface area contributed by atoms with Crippen molar-refractivity contribution in [2.24, 2.45) is 0 Å². The van der Waals surface area contributed by atoms with Crippen LogP contribution in [0.2, 0.25) is 0 Å². The third-order valence-electron chi connectivity index (χ3n) is 2.72. The van der Waals surface area contributed by atoms with Gasteiger partial charge in [-0.1, -0.05) is 12.1 Å². The first-order valence-corrected chi connectivity index (χ1v) is 6.59. The van der Waals surface area contributed by atoms with E-state index in [1.807, 2.05) is 56.3 Å². The lowest BCUT2D eigenvalue weighted by Gasteiger charge is -2.27. The first kappa shape index (κ1) is 16.4. The van der Waals surface area contributed by atoms with Gasteiger partial charge in [-0.2, -0.15) is 5.26 Å². The zero-order chi connectivity index (χ0) is 15.0. The number of rotatable bonds is 8. The van der Waals surface area contributed by atoms with Crippen LogP contribution in [0.1, 0.15) is 12.5 Å². The number of nitrogens with zero attached hydrogens (tertiary/aromatic N) is 2. The van der Waals surface area contributed by atoms with E-state index in [0.717, 1.165) is 5.56 Å². The summed E-state index contributed by atoms with van der Waals surface area (Å²) in [5.74, 6) is 0.690. The molecule has 0 radical (unpaired) electrons. The van der Waals surface area contributed by atoms with Crippen molar-refractivity contribution < 1.29 is 9.84 Å². The van der Waals surface area contributed by atoms with Crippen LogP contribution in [0.5, 0.6) is 5.75 Å². The fourth-order valence-corrected chi connectivity index (χ4v) is 2.03. The average molecular weight is 277 g/mol. The molecule has 0 aliphatic heterocycles. The minimum atomic E-state index is -0.751. The van der Waals surface area contributed by atoms with E-state index in [-0.39, 0.29) is 6.61 Å². The predicted octanol–water partition coefficient (Wildman–Crippen LogP) is 0.991. The predicted molar refractivity (Wildman–Crippen MR) is 78.4 cm³/mol. The largest absolute Gasteiger partial charge is 0.479 e. The van der Waals surface area contributed by atoms with Gasteiger partial charge in [0.25, 0.3) is 0 Å². The molecule has 0 aliphatic carbocycles. The van der Waals surface area contributed by atoms with Crippen molar-refractivity contribution in [2.75, 3.05) is 33.8 Å². The van der Waals surface area contributed by atoms with Gasteiger partial charge in [-0.25, -0.2) is 0 Å². The Balaban J connectivity index is 2.37. The summed E-state index contributed by atoms with van der Waals surface area (Å²) in [7, 11) is 3.88. The monoisotopic (exact) mass is 277 g/mol. The van der Waals surface area contributed by atoms with Gasteiger partial charge in [-0.05, 0) is 38.7 Å². The Morgan fingerprint density at radius 2 is 2.00 bits per heavy atom. The van der Waals surface area contributed by atoms with Crippen molar-refractivity contribution in [3.8, 4) is 11.8 Å². The molecule has 1 unspecified atom stereocenters. The van der Waals surface area contributed by atoms with Crippen LogP contribution in [0.25, 0.3) is 0 Å². The standard InChI is InChI=1S/C15H23N3O2/c1-15(19,12-18(2)3)11-17-10-13-4-6-14(7-5-13)20-9-8-16/h4-7,17,19H,9-12H2,1-3H3. The van der Waals surface area contributed by atoms with E-state index in [1.165, 1.54) is 0 Å². The molecule has 0 aliphatic rings. The molecule has 110 valence electrons. The van der Waals surface area contributed by atoms with Gasteiger partial charge in [-0.15, -0.1) is 0 Å². The van der Waals surface area contributed by atoms with E-state index in [1.54, 1.807) is 0 Å². The zero-order valence-electron chi connectivity index (χ0n) is 12.4. The molecule has 1 aromatic carbocycles. The van der Waals surface area contributed by atoms with E-state index >= 15 is 0 Å². The van der Waals surface area contributed by atoms with E-state index < -0.39 is 5.60 Å². The summed E-state index contributed by atoms with van der Waals surface area (Å²) in [6.07, 6.45) is 0. The van der Waals surface area contributed by atoms with Crippen molar-refractivity contribution in [3.63, 3.8) is 0 Å². The van der Waals surface area contributed by atoms with E-state index in [4.69, 9.17) is 10.00 Å². The molecule has 0 heterocycles. The maximum absolute atomic E-state index is 10.1. The van der Waals surface area contributed by atoms with E-state index in [0.29, 0.717) is 25.4 Å². The fourth-order valence-electron chi connectivity index (χ4n) is 2.03. The van der Waals surface area contributed by atoms with Gasteiger partial charge in [0.15, 0.2) is 6.61 Å². The Morgan fingerprint density at radius 1 is 1.35 bits per heavy atom. The highest BCUT2D eigenvalue weighted by Gasteiger charge is 2.20. The molecule has 0 fully saturated rings. The molecule has 0 spiro atoms. The van der Waals surface area contributed by atoms with Crippen molar-refractivity contribution >= 4 is 0 Å². The van der Waals surface area contributed by atoms with Crippen LogP contribution in [0.15, 0.2) is 24.3 Å². The minimum absolute atomic E-state index is 0.0605. The van der Waals surface area contributed by atoms with Crippen LogP contribution in [0, 0.1) is 11.3 Å². The highest BCUT2D eigenvalue weighted by molar-refractivity contribution is 5.27. The lowest BCUT2D eigenvalue weighted by atomic mass is 10.1. The second-order valence-electron chi connectivity index (χ2n) is 5.43. The molecular formula is C15H23N3O2. The smallest absolute Gasteiger partial charge is 0.174 e. The molecule has 1 atom stereocenters. The summed E-state index contributed by atoms with van der Waals surface area (Å²) in [5.41, 5.74) is 0.356. The van der Waals surface area contributed by atoms with E-state index in [2.05, 4.69) is 5.32 Å².